The van der Waals surface area contributed by atoms with Crippen LogP contribution in [-0.2, 0) is 0 Å². The van der Waals surface area contributed by atoms with Gasteiger partial charge >= 0.3 is 0 Å². The third-order valence-electron chi connectivity index (χ3n) is 0.474. The number of thiol groups is 2. The maximum absolute atomic E-state index is 3.96. The Labute approximate surface area is 50.1 Å². The SMILES string of the molecule is CCC[C](S)S. The van der Waals surface area contributed by atoms with Crippen LogP contribution in [0.4, 0.5) is 0 Å². The molecule has 0 aliphatic rings. The first kappa shape index (κ1) is 6.70. The Morgan fingerprint density at radius 3 is 2.00 bits per heavy atom. The lowest BCUT2D eigenvalue weighted by molar-refractivity contribution is 0.934. The normalized spacial score (nSPS) is 10.0. The lowest BCUT2D eigenvalue weighted by atomic mass is 10.4. The van der Waals surface area contributed by atoms with Crippen molar-refractivity contribution < 1.29 is 0 Å². The third-order valence-corrected chi connectivity index (χ3v) is 0.921. The van der Waals surface area contributed by atoms with Gasteiger partial charge in [-0.1, -0.05) is 13.3 Å². The second-order valence-electron chi connectivity index (χ2n) is 1.17. The van der Waals surface area contributed by atoms with E-state index in [2.05, 4.69) is 32.2 Å². The molecule has 0 aromatic heterocycles. The van der Waals surface area contributed by atoms with Crippen molar-refractivity contribution in [3.63, 3.8) is 0 Å². The fourth-order valence-corrected chi connectivity index (χ4v) is 0.671. The third kappa shape index (κ3) is 4.70. The minimum atomic E-state index is 0.928. The maximum atomic E-state index is 3.96. The van der Waals surface area contributed by atoms with Gasteiger partial charge in [-0.2, -0.15) is 25.3 Å². The van der Waals surface area contributed by atoms with Crippen molar-refractivity contribution in [1.29, 1.82) is 0 Å². The highest BCUT2D eigenvalue weighted by molar-refractivity contribution is 8.03. The molecule has 0 rings (SSSR count). The summed E-state index contributed by atoms with van der Waals surface area (Å²) >= 11 is 7.92. The van der Waals surface area contributed by atoms with Gasteiger partial charge in [0.05, 0.1) is 4.58 Å². The first-order valence-electron chi connectivity index (χ1n) is 2.01. The second-order valence-corrected chi connectivity index (χ2v) is 2.60. The Morgan fingerprint density at radius 2 is 2.00 bits per heavy atom. The van der Waals surface area contributed by atoms with Gasteiger partial charge in [0.15, 0.2) is 0 Å². The molecule has 0 amide bonds. The molecule has 0 saturated carbocycles. The van der Waals surface area contributed by atoms with Gasteiger partial charge in [0.25, 0.3) is 0 Å². The number of hydrogen-bond acceptors (Lipinski definition) is 2. The fraction of sp³-hybridized carbons (Fsp3) is 0.750. The monoisotopic (exact) mass is 121 g/mol. The van der Waals surface area contributed by atoms with Gasteiger partial charge in [-0.05, 0) is 6.42 Å². The summed E-state index contributed by atoms with van der Waals surface area (Å²) < 4.78 is 0.928. The predicted molar refractivity (Wildman–Crippen MR) is 36.1 cm³/mol. The van der Waals surface area contributed by atoms with Crippen LogP contribution < -0.4 is 0 Å². The summed E-state index contributed by atoms with van der Waals surface area (Å²) in [6.07, 6.45) is 2.16. The molecule has 0 fully saturated rings. The second kappa shape index (κ2) is 3.88. The summed E-state index contributed by atoms with van der Waals surface area (Å²) in [6.45, 7) is 2.10. The topological polar surface area (TPSA) is 0 Å². The van der Waals surface area contributed by atoms with Gasteiger partial charge in [0, 0.05) is 0 Å². The van der Waals surface area contributed by atoms with E-state index in [4.69, 9.17) is 0 Å². The van der Waals surface area contributed by atoms with Crippen molar-refractivity contribution in [2.75, 3.05) is 0 Å². The first-order chi connectivity index (χ1) is 2.77. The molecule has 0 spiro atoms. The number of rotatable bonds is 2. The molecule has 0 heterocycles. The lowest BCUT2D eigenvalue weighted by Crippen LogP contribution is -1.70. The largest absolute Gasteiger partial charge is 0.159 e. The summed E-state index contributed by atoms with van der Waals surface area (Å²) in [5.74, 6) is 0. The van der Waals surface area contributed by atoms with Gasteiger partial charge in [-0.3, -0.25) is 0 Å². The van der Waals surface area contributed by atoms with Gasteiger partial charge in [-0.15, -0.1) is 0 Å². The molecule has 0 aliphatic heterocycles. The summed E-state index contributed by atoms with van der Waals surface area (Å²) in [5.41, 5.74) is 0. The van der Waals surface area contributed by atoms with Crippen molar-refractivity contribution in [1.82, 2.24) is 0 Å². The van der Waals surface area contributed by atoms with Crippen LogP contribution in [0.3, 0.4) is 0 Å². The minimum Gasteiger partial charge on any atom is -0.159 e. The molecule has 1 radical (unpaired) electrons. The quantitative estimate of drug-likeness (QED) is 0.514. The Bertz CT molecular complexity index is 26.7. The molecular weight excluding hydrogens is 112 g/mol. The van der Waals surface area contributed by atoms with E-state index < -0.39 is 0 Å². The van der Waals surface area contributed by atoms with Crippen molar-refractivity contribution >= 4 is 25.3 Å². The molecular formula is C4H9S2. The zero-order valence-corrected chi connectivity index (χ0v) is 5.60. The van der Waals surface area contributed by atoms with Gasteiger partial charge < -0.3 is 0 Å². The molecule has 0 atom stereocenters. The highest BCUT2D eigenvalue weighted by Crippen LogP contribution is 2.16. The smallest absolute Gasteiger partial charge is 0.0784 e. The Hall–Kier alpha value is 0.700. The van der Waals surface area contributed by atoms with Crippen LogP contribution in [0.25, 0.3) is 0 Å². The molecule has 37 valence electrons. The van der Waals surface area contributed by atoms with E-state index in [1.165, 1.54) is 0 Å². The Kier molecular flexibility index (Phi) is 4.33. The Morgan fingerprint density at radius 1 is 1.50 bits per heavy atom. The molecule has 6 heavy (non-hydrogen) atoms. The van der Waals surface area contributed by atoms with E-state index in [-0.39, 0.29) is 0 Å². The van der Waals surface area contributed by atoms with E-state index in [0.29, 0.717) is 0 Å². The average Bonchev–Trinajstić information content (AvgIpc) is 1.35. The fourth-order valence-electron chi connectivity index (χ4n) is 0.224. The van der Waals surface area contributed by atoms with Crippen LogP contribution in [-0.4, -0.2) is 0 Å². The number of hydrogen-bond donors (Lipinski definition) is 2. The Balaban J connectivity index is 2.63. The van der Waals surface area contributed by atoms with E-state index in [0.717, 1.165) is 17.4 Å². The van der Waals surface area contributed by atoms with Gasteiger partial charge in [0.1, 0.15) is 0 Å². The molecule has 0 aromatic rings. The zero-order chi connectivity index (χ0) is 4.99. The highest BCUT2D eigenvalue weighted by Gasteiger charge is 1.89. The zero-order valence-electron chi connectivity index (χ0n) is 3.81. The molecule has 0 unspecified atom stereocenters. The van der Waals surface area contributed by atoms with Crippen LogP contribution in [0.15, 0.2) is 0 Å². The molecule has 0 aromatic carbocycles. The molecule has 0 aliphatic carbocycles. The van der Waals surface area contributed by atoms with Crippen molar-refractivity contribution in [2.24, 2.45) is 0 Å². The van der Waals surface area contributed by atoms with Crippen molar-refractivity contribution in [2.45, 2.75) is 19.8 Å². The summed E-state index contributed by atoms with van der Waals surface area (Å²) in [7, 11) is 0. The molecule has 2 heteroatoms. The summed E-state index contributed by atoms with van der Waals surface area (Å²) in [5, 5.41) is 0. The predicted octanol–water partition coefficient (Wildman–Crippen LogP) is 2.14. The molecule has 0 saturated heterocycles. The molecule has 0 bridgehead atoms. The van der Waals surface area contributed by atoms with Crippen molar-refractivity contribution in [3.8, 4) is 0 Å². The highest BCUT2D eigenvalue weighted by atomic mass is 32.2. The summed E-state index contributed by atoms with van der Waals surface area (Å²) in [6, 6.07) is 0. The van der Waals surface area contributed by atoms with E-state index in [1.807, 2.05) is 0 Å². The minimum absolute atomic E-state index is 0.928. The molecule has 0 N–H and O–H groups in total. The molecule has 0 nitrogen and oxygen atoms in total. The summed E-state index contributed by atoms with van der Waals surface area (Å²) in [4.78, 5) is 0. The van der Waals surface area contributed by atoms with Crippen LogP contribution in [0, 0.1) is 4.58 Å². The maximum Gasteiger partial charge on any atom is 0.0784 e. The lowest BCUT2D eigenvalue weighted by Gasteiger charge is -1.92. The average molecular weight is 121 g/mol. The first-order valence-corrected chi connectivity index (χ1v) is 2.90. The van der Waals surface area contributed by atoms with Crippen LogP contribution in [0.5, 0.6) is 0 Å². The van der Waals surface area contributed by atoms with Crippen LogP contribution in [0.2, 0.25) is 0 Å². The van der Waals surface area contributed by atoms with Gasteiger partial charge in [0.2, 0.25) is 0 Å². The standard InChI is InChI=1S/C4H9S2/c1-2-3-4(5)6/h5-6H,2-3H2,1H3. The van der Waals surface area contributed by atoms with Gasteiger partial charge in [-0.25, -0.2) is 0 Å². The van der Waals surface area contributed by atoms with Crippen LogP contribution >= 0.6 is 25.3 Å². The van der Waals surface area contributed by atoms with E-state index >= 15 is 0 Å². The van der Waals surface area contributed by atoms with E-state index in [1.54, 1.807) is 0 Å². The van der Waals surface area contributed by atoms with Crippen molar-refractivity contribution in [3.05, 3.63) is 4.58 Å². The van der Waals surface area contributed by atoms with E-state index in [9.17, 15) is 0 Å². The van der Waals surface area contributed by atoms with Crippen LogP contribution in [0.1, 0.15) is 19.8 Å².